The van der Waals surface area contributed by atoms with Crippen molar-refractivity contribution in [2.45, 2.75) is 39.2 Å². The molecule has 3 atom stereocenters. The van der Waals surface area contributed by atoms with Crippen LogP contribution < -0.4 is 14.8 Å². The number of carbonyl (C=O) groups is 2. The number of hydrogen-bond acceptors (Lipinski definition) is 5. The van der Waals surface area contributed by atoms with Crippen LogP contribution in [-0.2, 0) is 9.53 Å². The Kier molecular flexibility index (Phi) is 5.46. The van der Waals surface area contributed by atoms with E-state index in [4.69, 9.17) is 14.2 Å². The minimum atomic E-state index is -0.544. The highest BCUT2D eigenvalue weighted by Gasteiger charge is 2.28. The maximum atomic E-state index is 12.1. The van der Waals surface area contributed by atoms with Crippen LogP contribution in [-0.4, -0.2) is 37.7 Å². The number of nitrogens with one attached hydrogen (secondary N) is 1. The smallest absolute Gasteiger partial charge is 0.338 e. The van der Waals surface area contributed by atoms with Gasteiger partial charge in [-0.3, -0.25) is 4.79 Å². The van der Waals surface area contributed by atoms with Gasteiger partial charge in [-0.05, 0) is 36.5 Å². The molecule has 1 heterocycles. The van der Waals surface area contributed by atoms with Gasteiger partial charge in [0.2, 0.25) is 0 Å². The van der Waals surface area contributed by atoms with Crippen molar-refractivity contribution in [1.82, 2.24) is 5.32 Å². The van der Waals surface area contributed by atoms with Crippen molar-refractivity contribution in [2.75, 3.05) is 19.8 Å². The Morgan fingerprint density at radius 3 is 2.72 bits per heavy atom. The van der Waals surface area contributed by atoms with Crippen LogP contribution >= 0.6 is 0 Å². The quantitative estimate of drug-likeness (QED) is 0.848. The van der Waals surface area contributed by atoms with Gasteiger partial charge in [0.1, 0.15) is 13.2 Å². The highest BCUT2D eigenvalue weighted by atomic mass is 16.6. The second-order valence-electron chi connectivity index (χ2n) is 6.88. The number of rotatable bonds is 4. The van der Waals surface area contributed by atoms with Crippen molar-refractivity contribution in [1.29, 1.82) is 0 Å². The van der Waals surface area contributed by atoms with Crippen LogP contribution in [0.15, 0.2) is 18.2 Å². The van der Waals surface area contributed by atoms with Gasteiger partial charge in [-0.15, -0.1) is 0 Å². The van der Waals surface area contributed by atoms with E-state index in [0.29, 0.717) is 42.1 Å². The molecule has 1 saturated carbocycles. The lowest BCUT2D eigenvalue weighted by Gasteiger charge is -2.34. The number of fused-ring (bicyclic) bond motifs is 1. The van der Waals surface area contributed by atoms with Gasteiger partial charge in [0, 0.05) is 6.04 Å². The molecule has 1 N–H and O–H groups in total. The molecule has 3 rings (SSSR count). The lowest BCUT2D eigenvalue weighted by Crippen LogP contribution is -2.45. The van der Waals surface area contributed by atoms with Gasteiger partial charge in [-0.1, -0.05) is 26.7 Å². The van der Waals surface area contributed by atoms with Crippen LogP contribution in [0.5, 0.6) is 11.5 Å². The average molecular weight is 347 g/mol. The minimum Gasteiger partial charge on any atom is -0.486 e. The standard InChI is InChI=1S/C19H25NO5/c1-12-4-3-5-15(13(12)2)20-18(21)11-25-19(22)14-6-7-16-17(10-14)24-9-8-23-16/h6-7,10,12-13,15H,3-5,8-9,11H2,1-2H3,(H,20,21)/t12-,13-,15+/m1/s1. The summed E-state index contributed by atoms with van der Waals surface area (Å²) in [5.41, 5.74) is 0.344. The fourth-order valence-electron chi connectivity index (χ4n) is 3.42. The van der Waals surface area contributed by atoms with Crippen molar-refractivity contribution < 1.29 is 23.8 Å². The molecule has 6 heteroatoms. The van der Waals surface area contributed by atoms with Crippen LogP contribution in [0.4, 0.5) is 0 Å². The SMILES string of the molecule is C[C@@H]1[C@H](C)CCC[C@@H]1NC(=O)COC(=O)c1ccc2c(c1)OCCO2. The monoisotopic (exact) mass is 347 g/mol. The van der Waals surface area contributed by atoms with Gasteiger partial charge in [0.25, 0.3) is 5.91 Å². The Morgan fingerprint density at radius 1 is 1.16 bits per heavy atom. The predicted octanol–water partition coefficient (Wildman–Crippen LogP) is 2.56. The Morgan fingerprint density at radius 2 is 1.92 bits per heavy atom. The lowest BCUT2D eigenvalue weighted by atomic mass is 9.78. The van der Waals surface area contributed by atoms with E-state index >= 15 is 0 Å². The van der Waals surface area contributed by atoms with Gasteiger partial charge in [-0.2, -0.15) is 0 Å². The molecule has 1 aliphatic carbocycles. The Bertz CT molecular complexity index is 645. The van der Waals surface area contributed by atoms with E-state index < -0.39 is 5.97 Å². The molecule has 0 bridgehead atoms. The molecule has 1 aromatic rings. The number of esters is 1. The van der Waals surface area contributed by atoms with Crippen molar-refractivity contribution in [3.63, 3.8) is 0 Å². The first-order chi connectivity index (χ1) is 12.0. The maximum Gasteiger partial charge on any atom is 0.338 e. The number of ether oxygens (including phenoxy) is 3. The van der Waals surface area contributed by atoms with E-state index in [1.165, 1.54) is 6.42 Å². The third-order valence-electron chi connectivity index (χ3n) is 5.17. The van der Waals surface area contributed by atoms with Crippen LogP contribution in [0.1, 0.15) is 43.5 Å². The minimum absolute atomic E-state index is 0.157. The maximum absolute atomic E-state index is 12.1. The van der Waals surface area contributed by atoms with Crippen molar-refractivity contribution in [3.05, 3.63) is 23.8 Å². The van der Waals surface area contributed by atoms with Crippen molar-refractivity contribution in [3.8, 4) is 11.5 Å². The summed E-state index contributed by atoms with van der Waals surface area (Å²) in [7, 11) is 0. The average Bonchev–Trinajstić information content (AvgIpc) is 2.63. The van der Waals surface area contributed by atoms with Gasteiger partial charge < -0.3 is 19.5 Å². The molecule has 6 nitrogen and oxygen atoms in total. The first-order valence-electron chi connectivity index (χ1n) is 8.90. The van der Waals surface area contributed by atoms with Crippen molar-refractivity contribution >= 4 is 11.9 Å². The highest BCUT2D eigenvalue weighted by molar-refractivity contribution is 5.92. The Hall–Kier alpha value is -2.24. The van der Waals surface area contributed by atoms with Crippen molar-refractivity contribution in [2.24, 2.45) is 11.8 Å². The van der Waals surface area contributed by atoms with Gasteiger partial charge in [0.15, 0.2) is 18.1 Å². The first kappa shape index (κ1) is 17.6. The van der Waals surface area contributed by atoms with E-state index in [0.717, 1.165) is 12.8 Å². The summed E-state index contributed by atoms with van der Waals surface area (Å²) in [6.45, 7) is 5.05. The fourth-order valence-corrected chi connectivity index (χ4v) is 3.42. The van der Waals surface area contributed by atoms with E-state index in [1.807, 2.05) is 0 Å². The fraction of sp³-hybridized carbons (Fsp3) is 0.579. The molecule has 1 aliphatic heterocycles. The normalized spacial score (nSPS) is 25.1. The molecular weight excluding hydrogens is 322 g/mol. The zero-order valence-corrected chi connectivity index (χ0v) is 14.7. The van der Waals surface area contributed by atoms with Gasteiger partial charge in [0.05, 0.1) is 5.56 Å². The second kappa shape index (κ2) is 7.76. The lowest BCUT2D eigenvalue weighted by molar-refractivity contribution is -0.125. The number of amides is 1. The van der Waals surface area contributed by atoms with E-state index in [2.05, 4.69) is 19.2 Å². The second-order valence-corrected chi connectivity index (χ2v) is 6.88. The van der Waals surface area contributed by atoms with E-state index in [1.54, 1.807) is 18.2 Å². The molecule has 0 aromatic heterocycles. The molecular formula is C19H25NO5. The summed E-state index contributed by atoms with van der Waals surface area (Å²) in [6, 6.07) is 5.03. The largest absolute Gasteiger partial charge is 0.486 e. The topological polar surface area (TPSA) is 73.9 Å². The summed E-state index contributed by atoms with van der Waals surface area (Å²) in [4.78, 5) is 24.2. The number of carbonyl (C=O) groups excluding carboxylic acids is 2. The number of hydrogen-bond donors (Lipinski definition) is 1. The molecule has 1 aromatic carbocycles. The number of benzene rings is 1. The molecule has 0 radical (unpaired) electrons. The highest BCUT2D eigenvalue weighted by Crippen LogP contribution is 2.31. The Balaban J connectivity index is 1.51. The summed E-state index contributed by atoms with van der Waals surface area (Å²) < 4.78 is 16.0. The summed E-state index contributed by atoms with van der Waals surface area (Å²) in [6.07, 6.45) is 3.30. The molecule has 1 amide bonds. The molecule has 2 aliphatic rings. The summed E-state index contributed by atoms with van der Waals surface area (Å²) in [5, 5.41) is 2.99. The predicted molar refractivity (Wildman–Crippen MR) is 91.8 cm³/mol. The third-order valence-corrected chi connectivity index (χ3v) is 5.17. The molecule has 0 saturated heterocycles. The molecule has 0 unspecified atom stereocenters. The zero-order chi connectivity index (χ0) is 17.8. The molecule has 25 heavy (non-hydrogen) atoms. The van der Waals surface area contributed by atoms with Crippen LogP contribution in [0.25, 0.3) is 0 Å². The van der Waals surface area contributed by atoms with Gasteiger partial charge >= 0.3 is 5.97 Å². The zero-order valence-electron chi connectivity index (χ0n) is 14.7. The molecule has 1 fully saturated rings. The first-order valence-corrected chi connectivity index (χ1v) is 8.90. The van der Waals surface area contributed by atoms with E-state index in [9.17, 15) is 9.59 Å². The molecule has 136 valence electrons. The summed E-state index contributed by atoms with van der Waals surface area (Å²) in [5.74, 6) is 1.37. The third kappa shape index (κ3) is 4.24. The Labute approximate surface area is 147 Å². The molecule has 0 spiro atoms. The van der Waals surface area contributed by atoms with Gasteiger partial charge in [-0.25, -0.2) is 4.79 Å². The van der Waals surface area contributed by atoms with Crippen LogP contribution in [0, 0.1) is 11.8 Å². The summed E-state index contributed by atoms with van der Waals surface area (Å²) >= 11 is 0. The van der Waals surface area contributed by atoms with Crippen LogP contribution in [0.2, 0.25) is 0 Å². The van der Waals surface area contributed by atoms with E-state index in [-0.39, 0.29) is 18.6 Å². The van der Waals surface area contributed by atoms with Crippen LogP contribution in [0.3, 0.4) is 0 Å².